The summed E-state index contributed by atoms with van der Waals surface area (Å²) >= 11 is 0. The summed E-state index contributed by atoms with van der Waals surface area (Å²) in [7, 11) is 0. The first-order valence-electron chi connectivity index (χ1n) is 6.85. The van der Waals surface area contributed by atoms with Gasteiger partial charge >= 0.3 is 6.18 Å². The molecule has 0 heterocycles. The van der Waals surface area contributed by atoms with E-state index in [2.05, 4.69) is 0 Å². The Balaban J connectivity index is 2.00. The van der Waals surface area contributed by atoms with Crippen LogP contribution in [0.5, 0.6) is 0 Å². The van der Waals surface area contributed by atoms with Crippen LogP contribution in [0.15, 0.2) is 0 Å². The minimum absolute atomic E-state index is 0.0418. The summed E-state index contributed by atoms with van der Waals surface area (Å²) < 4.78 is 37.8. The molecule has 3 nitrogen and oxygen atoms in total. The molecule has 1 amide bonds. The molecule has 19 heavy (non-hydrogen) atoms. The molecule has 0 aromatic heterocycles. The van der Waals surface area contributed by atoms with Gasteiger partial charge in [0.2, 0.25) is 5.91 Å². The number of nitrogens with zero attached hydrogens (tertiary/aromatic N) is 1. The number of carbonyl (C=O) groups is 1. The van der Waals surface area contributed by atoms with Crippen molar-refractivity contribution in [3.8, 4) is 0 Å². The van der Waals surface area contributed by atoms with E-state index in [0.29, 0.717) is 0 Å². The van der Waals surface area contributed by atoms with Gasteiger partial charge in [-0.25, -0.2) is 0 Å². The highest BCUT2D eigenvalue weighted by atomic mass is 19.4. The highest BCUT2D eigenvalue weighted by Gasteiger charge is 2.43. The zero-order valence-electron chi connectivity index (χ0n) is 11.2. The van der Waals surface area contributed by atoms with Crippen LogP contribution >= 0.6 is 0 Å². The number of rotatable bonds is 5. The molecule has 2 N–H and O–H groups in total. The van der Waals surface area contributed by atoms with Gasteiger partial charge in [-0.3, -0.25) is 4.79 Å². The SMILES string of the molecule is CC(C1CC1)N(CC(F)(F)F)C(=O)CC1(N)CCC1. The summed E-state index contributed by atoms with van der Waals surface area (Å²) in [6, 6.07) is -0.335. The third kappa shape index (κ3) is 3.84. The fraction of sp³-hybridized carbons (Fsp3) is 0.923. The molecular weight excluding hydrogens is 257 g/mol. The van der Waals surface area contributed by atoms with Gasteiger partial charge in [-0.2, -0.15) is 13.2 Å². The van der Waals surface area contributed by atoms with E-state index in [1.807, 2.05) is 0 Å². The van der Waals surface area contributed by atoms with Crippen molar-refractivity contribution in [2.45, 2.75) is 63.2 Å². The molecule has 2 fully saturated rings. The molecule has 0 radical (unpaired) electrons. The smallest absolute Gasteiger partial charge is 0.331 e. The monoisotopic (exact) mass is 278 g/mol. The first-order chi connectivity index (χ1) is 8.70. The molecule has 0 aliphatic heterocycles. The molecule has 6 heteroatoms. The number of halogens is 3. The van der Waals surface area contributed by atoms with Crippen molar-refractivity contribution < 1.29 is 18.0 Å². The molecule has 1 atom stereocenters. The molecule has 2 aliphatic rings. The van der Waals surface area contributed by atoms with Crippen molar-refractivity contribution in [1.29, 1.82) is 0 Å². The molecule has 2 aliphatic carbocycles. The molecule has 0 bridgehead atoms. The summed E-state index contributed by atoms with van der Waals surface area (Å²) in [6.07, 6.45) is -0.0541. The molecule has 1 unspecified atom stereocenters. The van der Waals surface area contributed by atoms with Gasteiger partial charge in [0.15, 0.2) is 0 Å². The van der Waals surface area contributed by atoms with E-state index in [9.17, 15) is 18.0 Å². The minimum atomic E-state index is -4.35. The summed E-state index contributed by atoms with van der Waals surface area (Å²) in [5, 5.41) is 0. The van der Waals surface area contributed by atoms with Crippen LogP contribution in [0.2, 0.25) is 0 Å². The lowest BCUT2D eigenvalue weighted by Gasteiger charge is -2.40. The standard InChI is InChI=1S/C13H21F3N2O/c1-9(10-3-4-10)18(8-13(14,15)16)11(19)7-12(17)5-2-6-12/h9-10H,2-8,17H2,1H3. The van der Waals surface area contributed by atoms with Gasteiger partial charge in [0.1, 0.15) is 6.54 Å². The number of hydrogen-bond donors (Lipinski definition) is 1. The molecule has 0 spiro atoms. The predicted octanol–water partition coefficient (Wildman–Crippen LogP) is 2.45. The molecule has 2 rings (SSSR count). The lowest BCUT2D eigenvalue weighted by atomic mass is 9.75. The summed E-state index contributed by atoms with van der Waals surface area (Å²) in [5.74, 6) is -0.222. The number of amides is 1. The van der Waals surface area contributed by atoms with Crippen molar-refractivity contribution in [2.75, 3.05) is 6.54 Å². The fourth-order valence-corrected chi connectivity index (χ4v) is 2.70. The summed E-state index contributed by atoms with van der Waals surface area (Å²) in [4.78, 5) is 13.1. The highest BCUT2D eigenvalue weighted by Crippen LogP contribution is 2.38. The maximum absolute atomic E-state index is 12.6. The van der Waals surface area contributed by atoms with Gasteiger partial charge in [0, 0.05) is 18.0 Å². The Bertz CT molecular complexity index is 348. The van der Waals surface area contributed by atoms with Crippen LogP contribution in [-0.4, -0.2) is 35.1 Å². The Morgan fingerprint density at radius 1 is 1.42 bits per heavy atom. The van der Waals surface area contributed by atoms with E-state index in [4.69, 9.17) is 5.73 Å². The predicted molar refractivity (Wildman–Crippen MR) is 65.3 cm³/mol. The van der Waals surface area contributed by atoms with Crippen LogP contribution in [0.4, 0.5) is 13.2 Å². The van der Waals surface area contributed by atoms with Crippen LogP contribution in [0.1, 0.15) is 45.4 Å². The number of nitrogens with two attached hydrogens (primary N) is 1. The van der Waals surface area contributed by atoms with Gasteiger partial charge in [0.25, 0.3) is 0 Å². The van der Waals surface area contributed by atoms with Gasteiger partial charge in [-0.15, -0.1) is 0 Å². The van der Waals surface area contributed by atoms with Gasteiger partial charge in [-0.1, -0.05) is 0 Å². The van der Waals surface area contributed by atoms with E-state index in [0.717, 1.165) is 37.0 Å². The number of carbonyl (C=O) groups excluding carboxylic acids is 1. The zero-order valence-corrected chi connectivity index (χ0v) is 11.2. The maximum atomic E-state index is 12.6. The molecule has 0 aromatic carbocycles. The summed E-state index contributed by atoms with van der Waals surface area (Å²) in [6.45, 7) is 0.560. The third-order valence-corrected chi connectivity index (χ3v) is 4.32. The second-order valence-electron chi connectivity index (χ2n) is 6.11. The lowest BCUT2D eigenvalue weighted by molar-refractivity contribution is -0.167. The van der Waals surface area contributed by atoms with Crippen LogP contribution in [-0.2, 0) is 4.79 Å². The van der Waals surface area contributed by atoms with Crippen molar-refractivity contribution >= 4 is 5.91 Å². The van der Waals surface area contributed by atoms with Crippen molar-refractivity contribution in [1.82, 2.24) is 4.90 Å². The second kappa shape index (κ2) is 4.96. The quantitative estimate of drug-likeness (QED) is 0.839. The van der Waals surface area contributed by atoms with Crippen LogP contribution < -0.4 is 5.73 Å². The third-order valence-electron chi connectivity index (χ3n) is 4.32. The molecule has 2 saturated carbocycles. The van der Waals surface area contributed by atoms with Crippen LogP contribution in [0, 0.1) is 5.92 Å². The lowest BCUT2D eigenvalue weighted by Crippen LogP contribution is -2.53. The second-order valence-corrected chi connectivity index (χ2v) is 6.11. The minimum Gasteiger partial charge on any atom is -0.331 e. The Morgan fingerprint density at radius 2 is 2.00 bits per heavy atom. The van der Waals surface area contributed by atoms with Crippen molar-refractivity contribution in [3.63, 3.8) is 0 Å². The molecular formula is C13H21F3N2O. The average Bonchev–Trinajstić information content (AvgIpc) is 3.05. The first-order valence-corrected chi connectivity index (χ1v) is 6.85. The zero-order chi connectivity index (χ0) is 14.3. The number of hydrogen-bond acceptors (Lipinski definition) is 2. The number of alkyl halides is 3. The summed E-state index contributed by atoms with van der Waals surface area (Å²) in [5.41, 5.74) is 5.40. The normalized spacial score (nSPS) is 23.6. The molecule has 110 valence electrons. The van der Waals surface area contributed by atoms with E-state index in [1.54, 1.807) is 6.92 Å². The Morgan fingerprint density at radius 3 is 2.37 bits per heavy atom. The van der Waals surface area contributed by atoms with E-state index in [1.165, 1.54) is 0 Å². The fourth-order valence-electron chi connectivity index (χ4n) is 2.70. The maximum Gasteiger partial charge on any atom is 0.406 e. The Hall–Kier alpha value is -0.780. The largest absolute Gasteiger partial charge is 0.406 e. The highest BCUT2D eigenvalue weighted by molar-refractivity contribution is 5.78. The molecule has 0 aromatic rings. The van der Waals surface area contributed by atoms with Gasteiger partial charge < -0.3 is 10.6 Å². The topological polar surface area (TPSA) is 46.3 Å². The van der Waals surface area contributed by atoms with Crippen LogP contribution in [0.3, 0.4) is 0 Å². The van der Waals surface area contributed by atoms with E-state index < -0.39 is 24.2 Å². The van der Waals surface area contributed by atoms with Crippen LogP contribution in [0.25, 0.3) is 0 Å². The van der Waals surface area contributed by atoms with Crippen molar-refractivity contribution in [2.24, 2.45) is 11.7 Å². The van der Waals surface area contributed by atoms with Crippen molar-refractivity contribution in [3.05, 3.63) is 0 Å². The average molecular weight is 278 g/mol. The van der Waals surface area contributed by atoms with Gasteiger partial charge in [0.05, 0.1) is 0 Å². The Kier molecular flexibility index (Phi) is 3.82. The van der Waals surface area contributed by atoms with Gasteiger partial charge in [-0.05, 0) is 44.9 Å². The van der Waals surface area contributed by atoms with E-state index >= 15 is 0 Å². The first kappa shape index (κ1) is 14.6. The molecule has 0 saturated heterocycles. The Labute approximate surface area is 111 Å². The van der Waals surface area contributed by atoms with E-state index in [-0.39, 0.29) is 18.4 Å².